The fraction of sp³-hybridized carbons (Fsp3) is 0.810. The number of oxime groups is 2. The van der Waals surface area contributed by atoms with Gasteiger partial charge in [-0.3, -0.25) is 14.4 Å². The number of hydrogen-bond acceptors (Lipinski definition) is 9. The second-order valence-corrected chi connectivity index (χ2v) is 8.69. The SMILES string of the molecule is CNC(=O)CCCCCC(=O)NCC/C(=N\O)C(C)(C)NCCONC(C)(C)/C(C)=N/O. The van der Waals surface area contributed by atoms with Gasteiger partial charge in [-0.05, 0) is 47.5 Å². The molecule has 0 spiro atoms. The zero-order valence-electron chi connectivity index (χ0n) is 20.4. The van der Waals surface area contributed by atoms with Crippen molar-refractivity contribution in [2.75, 3.05) is 26.7 Å². The van der Waals surface area contributed by atoms with Crippen molar-refractivity contribution in [3.05, 3.63) is 0 Å². The van der Waals surface area contributed by atoms with Gasteiger partial charge in [-0.25, -0.2) is 0 Å². The van der Waals surface area contributed by atoms with Crippen molar-refractivity contribution >= 4 is 23.2 Å². The van der Waals surface area contributed by atoms with Crippen LogP contribution in [0, 0.1) is 0 Å². The minimum Gasteiger partial charge on any atom is -0.411 e. The lowest BCUT2D eigenvalue weighted by Crippen LogP contribution is -2.50. The Morgan fingerprint density at radius 2 is 1.50 bits per heavy atom. The molecule has 0 radical (unpaired) electrons. The van der Waals surface area contributed by atoms with Crippen LogP contribution in [0.25, 0.3) is 0 Å². The van der Waals surface area contributed by atoms with Crippen LogP contribution in [0.2, 0.25) is 0 Å². The van der Waals surface area contributed by atoms with Crippen molar-refractivity contribution in [1.29, 1.82) is 0 Å². The van der Waals surface area contributed by atoms with Crippen LogP contribution in [-0.4, -0.2) is 71.5 Å². The molecule has 11 nitrogen and oxygen atoms in total. The molecular formula is C21H42N6O5. The van der Waals surface area contributed by atoms with Gasteiger partial charge < -0.3 is 26.4 Å². The van der Waals surface area contributed by atoms with Crippen molar-refractivity contribution in [3.63, 3.8) is 0 Å². The van der Waals surface area contributed by atoms with E-state index in [0.29, 0.717) is 50.4 Å². The van der Waals surface area contributed by atoms with Crippen LogP contribution in [0.4, 0.5) is 0 Å². The number of carbonyl (C=O) groups excluding carboxylic acids is 2. The predicted molar refractivity (Wildman–Crippen MR) is 124 cm³/mol. The molecule has 32 heavy (non-hydrogen) atoms. The van der Waals surface area contributed by atoms with Crippen molar-refractivity contribution in [2.45, 2.75) is 84.2 Å². The number of rotatable bonds is 17. The number of amides is 2. The minimum absolute atomic E-state index is 0.0133. The Morgan fingerprint density at radius 3 is 2.06 bits per heavy atom. The average molecular weight is 459 g/mol. The van der Waals surface area contributed by atoms with Gasteiger partial charge in [-0.15, -0.1) is 0 Å². The van der Waals surface area contributed by atoms with Crippen LogP contribution in [0.3, 0.4) is 0 Å². The number of carbonyl (C=O) groups is 2. The lowest BCUT2D eigenvalue weighted by atomic mass is 9.95. The van der Waals surface area contributed by atoms with Crippen molar-refractivity contribution in [1.82, 2.24) is 21.4 Å². The summed E-state index contributed by atoms with van der Waals surface area (Å²) in [5.74, 6) is -0.0452. The summed E-state index contributed by atoms with van der Waals surface area (Å²) in [6.07, 6.45) is 3.59. The summed E-state index contributed by atoms with van der Waals surface area (Å²) in [6.45, 7) is 10.3. The van der Waals surface area contributed by atoms with Crippen LogP contribution in [0.1, 0.15) is 73.1 Å². The van der Waals surface area contributed by atoms with E-state index in [1.165, 1.54) is 0 Å². The second kappa shape index (κ2) is 15.5. The molecule has 0 bridgehead atoms. The third-order valence-corrected chi connectivity index (χ3v) is 5.27. The first-order chi connectivity index (χ1) is 15.0. The molecule has 0 heterocycles. The molecule has 2 amide bonds. The Labute approximate surface area is 191 Å². The predicted octanol–water partition coefficient (Wildman–Crippen LogP) is 1.54. The summed E-state index contributed by atoms with van der Waals surface area (Å²) in [5.41, 5.74) is 2.64. The summed E-state index contributed by atoms with van der Waals surface area (Å²) in [6, 6.07) is 0. The van der Waals surface area contributed by atoms with Crippen LogP contribution >= 0.6 is 0 Å². The minimum atomic E-state index is -0.607. The standard InChI is InChI=1S/C21H42N6O5/c1-16(25-30)20(2,3)27-32-15-14-24-21(4,5)17(26-31)12-13-23-19(29)11-9-7-8-10-18(28)22-6/h24,27,30-31H,7-15H2,1-6H3,(H,22,28)(H,23,29)/b25-16+,26-17+. The number of hydrogen-bond donors (Lipinski definition) is 6. The van der Waals surface area contributed by atoms with E-state index < -0.39 is 11.1 Å². The molecule has 0 aliphatic heterocycles. The Kier molecular flexibility index (Phi) is 14.5. The fourth-order valence-electron chi connectivity index (χ4n) is 2.72. The van der Waals surface area contributed by atoms with Gasteiger partial charge in [0.05, 0.1) is 29.1 Å². The van der Waals surface area contributed by atoms with Gasteiger partial charge in [-0.1, -0.05) is 16.7 Å². The Morgan fingerprint density at radius 1 is 0.875 bits per heavy atom. The third kappa shape index (κ3) is 12.6. The van der Waals surface area contributed by atoms with Crippen LogP contribution < -0.4 is 21.4 Å². The third-order valence-electron chi connectivity index (χ3n) is 5.27. The molecular weight excluding hydrogens is 416 g/mol. The maximum absolute atomic E-state index is 12.0. The molecule has 0 atom stereocenters. The number of unbranched alkanes of at least 4 members (excludes halogenated alkanes) is 2. The Hall–Kier alpha value is -2.24. The largest absolute Gasteiger partial charge is 0.411 e. The highest BCUT2D eigenvalue weighted by Crippen LogP contribution is 2.09. The van der Waals surface area contributed by atoms with E-state index in [-0.39, 0.29) is 11.8 Å². The van der Waals surface area contributed by atoms with E-state index in [1.807, 2.05) is 27.7 Å². The molecule has 0 rings (SSSR count). The Bertz CT molecular complexity index is 634. The summed E-state index contributed by atoms with van der Waals surface area (Å²) in [4.78, 5) is 28.5. The molecule has 0 aromatic heterocycles. The highest BCUT2D eigenvalue weighted by Gasteiger charge is 2.25. The first kappa shape index (κ1) is 29.8. The lowest BCUT2D eigenvalue weighted by Gasteiger charge is -2.28. The first-order valence-corrected chi connectivity index (χ1v) is 11.0. The molecule has 0 aliphatic rings. The van der Waals surface area contributed by atoms with Gasteiger partial charge in [-0.2, -0.15) is 5.48 Å². The van der Waals surface area contributed by atoms with Gasteiger partial charge in [0.1, 0.15) is 0 Å². The molecule has 11 heteroatoms. The number of hydroxylamine groups is 1. The lowest BCUT2D eigenvalue weighted by molar-refractivity contribution is -0.121. The average Bonchev–Trinajstić information content (AvgIpc) is 2.74. The van der Waals surface area contributed by atoms with E-state index in [0.717, 1.165) is 19.3 Å². The fourth-order valence-corrected chi connectivity index (χ4v) is 2.72. The van der Waals surface area contributed by atoms with Gasteiger partial charge in [0.2, 0.25) is 11.8 Å². The topological polar surface area (TPSA) is 157 Å². The summed E-state index contributed by atoms with van der Waals surface area (Å²) < 4.78 is 0. The van der Waals surface area contributed by atoms with Gasteiger partial charge in [0.15, 0.2) is 0 Å². The van der Waals surface area contributed by atoms with Crippen LogP contribution in [-0.2, 0) is 14.4 Å². The van der Waals surface area contributed by atoms with Crippen molar-refractivity contribution in [3.8, 4) is 0 Å². The Balaban J connectivity index is 4.16. The second-order valence-electron chi connectivity index (χ2n) is 8.69. The van der Waals surface area contributed by atoms with E-state index >= 15 is 0 Å². The van der Waals surface area contributed by atoms with Crippen LogP contribution in [0.15, 0.2) is 10.3 Å². The maximum atomic E-state index is 12.0. The zero-order valence-corrected chi connectivity index (χ0v) is 20.4. The monoisotopic (exact) mass is 458 g/mol. The van der Waals surface area contributed by atoms with E-state index in [9.17, 15) is 14.8 Å². The van der Waals surface area contributed by atoms with E-state index in [1.54, 1.807) is 14.0 Å². The molecule has 6 N–H and O–H groups in total. The smallest absolute Gasteiger partial charge is 0.220 e. The van der Waals surface area contributed by atoms with Crippen LogP contribution in [0.5, 0.6) is 0 Å². The van der Waals surface area contributed by atoms with Gasteiger partial charge in [0.25, 0.3) is 0 Å². The number of nitrogens with one attached hydrogen (secondary N) is 4. The molecule has 0 saturated heterocycles. The zero-order chi connectivity index (χ0) is 24.6. The molecule has 0 fully saturated rings. The van der Waals surface area contributed by atoms with Crippen molar-refractivity contribution in [2.24, 2.45) is 10.3 Å². The summed E-state index contributed by atoms with van der Waals surface area (Å²) in [7, 11) is 1.61. The van der Waals surface area contributed by atoms with Crippen molar-refractivity contribution < 1.29 is 24.8 Å². The highest BCUT2D eigenvalue weighted by molar-refractivity contribution is 5.93. The first-order valence-electron chi connectivity index (χ1n) is 11.0. The molecule has 0 aromatic carbocycles. The van der Waals surface area contributed by atoms with Gasteiger partial charge >= 0.3 is 0 Å². The van der Waals surface area contributed by atoms with E-state index in [4.69, 9.17) is 10.0 Å². The quantitative estimate of drug-likeness (QED) is 0.0835. The highest BCUT2D eigenvalue weighted by atomic mass is 16.6. The summed E-state index contributed by atoms with van der Waals surface area (Å²) >= 11 is 0. The molecule has 0 unspecified atom stereocenters. The van der Waals surface area contributed by atoms with Gasteiger partial charge in [0, 0.05) is 39.4 Å². The molecule has 0 aromatic rings. The summed E-state index contributed by atoms with van der Waals surface area (Å²) in [5, 5.41) is 33.5. The molecule has 186 valence electrons. The van der Waals surface area contributed by atoms with E-state index in [2.05, 4.69) is 31.7 Å². The normalized spacial score (nSPS) is 13.2. The molecule has 0 aliphatic carbocycles. The molecule has 0 saturated carbocycles. The maximum Gasteiger partial charge on any atom is 0.220 e. The number of nitrogens with zero attached hydrogens (tertiary/aromatic N) is 2.